The Balaban J connectivity index is 4.38. The number of carbonyl (C=O) groups is 2. The smallest absolute Gasteiger partial charge is 0.462 e. The molecule has 3 N–H and O–H groups in total. The van der Waals surface area contributed by atoms with E-state index in [1.165, 1.54) is 77.0 Å². The van der Waals surface area contributed by atoms with Crippen molar-refractivity contribution in [3.63, 3.8) is 0 Å². The number of phosphoric ester groups is 1. The Bertz CT molecular complexity index is 1010. The van der Waals surface area contributed by atoms with Crippen LogP contribution in [0.15, 0.2) is 49.1 Å². The fourth-order valence-electron chi connectivity index (χ4n) is 5.39. The number of aliphatic hydroxyl groups excluding tert-OH is 2. The van der Waals surface area contributed by atoms with Gasteiger partial charge >= 0.3 is 19.8 Å². The maximum atomic E-state index is 12.6. The number of esters is 2. The van der Waals surface area contributed by atoms with Gasteiger partial charge in [0.15, 0.2) is 6.10 Å². The zero-order valence-corrected chi connectivity index (χ0v) is 34.0. The second kappa shape index (κ2) is 38.2. The third-order valence-corrected chi connectivity index (χ3v) is 9.55. The highest BCUT2D eigenvalue weighted by Gasteiger charge is 2.27. The highest BCUT2D eigenvalue weighted by Crippen LogP contribution is 2.43. The summed E-state index contributed by atoms with van der Waals surface area (Å²) in [5.74, 6) is -0.974. The van der Waals surface area contributed by atoms with Crippen molar-refractivity contribution in [3.05, 3.63) is 49.1 Å². The second-order valence-electron chi connectivity index (χ2n) is 13.7. The minimum absolute atomic E-state index is 0.134. The van der Waals surface area contributed by atoms with E-state index < -0.39 is 51.8 Å². The number of allylic oxidation sites excluding steroid dienone is 7. The minimum Gasteiger partial charge on any atom is -0.462 e. The van der Waals surface area contributed by atoms with E-state index >= 15 is 0 Å². The van der Waals surface area contributed by atoms with Crippen molar-refractivity contribution < 1.29 is 47.8 Å². The van der Waals surface area contributed by atoms with Crippen molar-refractivity contribution in [2.45, 2.75) is 180 Å². The van der Waals surface area contributed by atoms with Crippen LogP contribution in [0.3, 0.4) is 0 Å². The van der Waals surface area contributed by atoms with Crippen molar-refractivity contribution >= 4 is 19.8 Å². The molecule has 0 aliphatic heterocycles. The molecule has 0 saturated carbocycles. The molecule has 0 saturated heterocycles. The number of ether oxygens (including phenoxy) is 2. The van der Waals surface area contributed by atoms with E-state index in [2.05, 4.69) is 54.5 Å². The first-order valence-electron chi connectivity index (χ1n) is 20.6. The molecule has 3 atom stereocenters. The van der Waals surface area contributed by atoms with Crippen LogP contribution in [0.4, 0.5) is 0 Å². The molecule has 0 aliphatic rings. The van der Waals surface area contributed by atoms with Crippen LogP contribution in [-0.2, 0) is 32.7 Å². The van der Waals surface area contributed by atoms with E-state index in [0.29, 0.717) is 12.8 Å². The summed E-state index contributed by atoms with van der Waals surface area (Å²) in [6.45, 7) is 3.81. The number of hydrogen-bond acceptors (Lipinski definition) is 9. The van der Waals surface area contributed by atoms with E-state index in [-0.39, 0.29) is 19.4 Å². The van der Waals surface area contributed by atoms with E-state index in [4.69, 9.17) is 19.1 Å². The van der Waals surface area contributed by atoms with Gasteiger partial charge in [-0.15, -0.1) is 6.58 Å². The van der Waals surface area contributed by atoms with Crippen LogP contribution in [-0.4, -0.2) is 65.7 Å². The van der Waals surface area contributed by atoms with Gasteiger partial charge in [0.2, 0.25) is 0 Å². The van der Waals surface area contributed by atoms with Gasteiger partial charge in [-0.25, -0.2) is 4.57 Å². The molecule has 0 aromatic rings. The summed E-state index contributed by atoms with van der Waals surface area (Å²) in [4.78, 5) is 34.9. The van der Waals surface area contributed by atoms with Crippen molar-refractivity contribution in [2.75, 3.05) is 26.4 Å². The molecule has 0 heterocycles. The van der Waals surface area contributed by atoms with Gasteiger partial charge in [0, 0.05) is 12.8 Å². The summed E-state index contributed by atoms with van der Waals surface area (Å²) >= 11 is 0. The average molecular weight is 771 g/mol. The lowest BCUT2D eigenvalue weighted by Gasteiger charge is -2.20. The maximum absolute atomic E-state index is 12.6. The molecule has 10 nitrogen and oxygen atoms in total. The molecule has 0 fully saturated rings. The molecule has 0 amide bonds. The molecular weight excluding hydrogens is 695 g/mol. The molecule has 0 bridgehead atoms. The molecule has 0 aliphatic carbocycles. The summed E-state index contributed by atoms with van der Waals surface area (Å²) in [5, 5.41) is 18.3. The second-order valence-corrected chi connectivity index (χ2v) is 15.2. The number of aliphatic hydroxyl groups is 2. The lowest BCUT2D eigenvalue weighted by molar-refractivity contribution is -0.161. The molecule has 1 unspecified atom stereocenters. The Hall–Kier alpha value is -2.07. The zero-order chi connectivity index (χ0) is 39.1. The van der Waals surface area contributed by atoms with Crippen molar-refractivity contribution in [3.8, 4) is 0 Å². The topological polar surface area (TPSA) is 149 Å². The molecule has 11 heteroatoms. The fourth-order valence-corrected chi connectivity index (χ4v) is 6.18. The van der Waals surface area contributed by atoms with Gasteiger partial charge in [-0.2, -0.15) is 0 Å². The third kappa shape index (κ3) is 38.0. The largest absolute Gasteiger partial charge is 0.472 e. The summed E-state index contributed by atoms with van der Waals surface area (Å²) in [6.07, 6.45) is 38.3. The van der Waals surface area contributed by atoms with Gasteiger partial charge in [-0.05, 0) is 64.2 Å². The van der Waals surface area contributed by atoms with Crippen LogP contribution < -0.4 is 0 Å². The third-order valence-electron chi connectivity index (χ3n) is 8.60. The fraction of sp³-hybridized carbons (Fsp3) is 0.762. The predicted octanol–water partition coefficient (Wildman–Crippen LogP) is 10.6. The quantitative estimate of drug-likeness (QED) is 0.0239. The number of carbonyl (C=O) groups excluding carboxylic acids is 2. The Kier molecular flexibility index (Phi) is 36.7. The van der Waals surface area contributed by atoms with Crippen LogP contribution in [0.1, 0.15) is 167 Å². The molecule has 0 spiro atoms. The van der Waals surface area contributed by atoms with Gasteiger partial charge in [0.05, 0.1) is 19.8 Å². The SMILES string of the molecule is C=CCCCCCCCCCCCCCCCC(=O)OC[C@H](COP(=O)(O)OC[C@@H](O)CO)OC(=O)CCCC/C=C/C/C=C/C/C=C/CCCCC. The zero-order valence-electron chi connectivity index (χ0n) is 33.1. The number of unbranched alkanes of at least 4 members (excludes halogenated alkanes) is 18. The van der Waals surface area contributed by atoms with E-state index in [0.717, 1.165) is 57.8 Å². The number of rotatable bonds is 39. The Labute approximate surface area is 322 Å². The van der Waals surface area contributed by atoms with Crippen LogP contribution in [0.25, 0.3) is 0 Å². The van der Waals surface area contributed by atoms with E-state index in [1.807, 2.05) is 6.08 Å². The van der Waals surface area contributed by atoms with Crippen LogP contribution in [0.2, 0.25) is 0 Å². The molecular formula is C42H75O10P. The van der Waals surface area contributed by atoms with E-state index in [1.54, 1.807) is 0 Å². The first-order chi connectivity index (χ1) is 25.7. The van der Waals surface area contributed by atoms with Gasteiger partial charge in [0.1, 0.15) is 12.7 Å². The van der Waals surface area contributed by atoms with Crippen molar-refractivity contribution in [1.82, 2.24) is 0 Å². The van der Waals surface area contributed by atoms with Crippen molar-refractivity contribution in [1.29, 1.82) is 0 Å². The Morgan fingerprint density at radius 2 is 1.08 bits per heavy atom. The lowest BCUT2D eigenvalue weighted by atomic mass is 10.0. The predicted molar refractivity (Wildman–Crippen MR) is 214 cm³/mol. The standard InChI is InChI=1S/C42H75O10P/c1-3-5-7-9-11-13-15-17-19-21-23-25-27-29-31-33-41(45)49-37-40(38-51-53(47,48)50-36-39(44)35-43)52-42(46)34-32-30-28-26-24-22-20-18-16-14-12-10-8-6-4-2/h3,12,14,18,20,24,26,39-40,43-44H,1,4-11,13,15-17,19,21-23,25,27-38H2,2H3,(H,47,48)/b14-12+,20-18+,26-24+/t39-,40+/m0/s1. The lowest BCUT2D eigenvalue weighted by Crippen LogP contribution is -2.29. The molecule has 53 heavy (non-hydrogen) atoms. The molecule has 0 aromatic carbocycles. The molecule has 0 aromatic heterocycles. The van der Waals surface area contributed by atoms with Gasteiger partial charge < -0.3 is 24.6 Å². The average Bonchev–Trinajstić information content (AvgIpc) is 3.14. The highest BCUT2D eigenvalue weighted by atomic mass is 31.2. The summed E-state index contributed by atoms with van der Waals surface area (Å²) in [7, 11) is -4.63. The molecule has 0 radical (unpaired) electrons. The first kappa shape index (κ1) is 50.9. The highest BCUT2D eigenvalue weighted by molar-refractivity contribution is 7.47. The Morgan fingerprint density at radius 3 is 1.62 bits per heavy atom. The number of hydrogen-bond donors (Lipinski definition) is 3. The normalized spacial score (nSPS) is 14.2. The molecule has 308 valence electrons. The maximum Gasteiger partial charge on any atom is 0.472 e. The van der Waals surface area contributed by atoms with Crippen LogP contribution in [0.5, 0.6) is 0 Å². The first-order valence-corrected chi connectivity index (χ1v) is 22.0. The summed E-state index contributed by atoms with van der Waals surface area (Å²) in [6, 6.07) is 0. The van der Waals surface area contributed by atoms with Gasteiger partial charge in [-0.3, -0.25) is 18.6 Å². The van der Waals surface area contributed by atoms with Crippen LogP contribution in [0, 0.1) is 0 Å². The molecule has 0 rings (SSSR count). The summed E-state index contributed by atoms with van der Waals surface area (Å²) < 4.78 is 32.6. The van der Waals surface area contributed by atoms with Gasteiger partial charge in [0.25, 0.3) is 0 Å². The van der Waals surface area contributed by atoms with Crippen molar-refractivity contribution in [2.24, 2.45) is 0 Å². The van der Waals surface area contributed by atoms with E-state index in [9.17, 15) is 24.2 Å². The minimum atomic E-state index is -4.63. The monoisotopic (exact) mass is 771 g/mol. The van der Waals surface area contributed by atoms with Gasteiger partial charge in [-0.1, -0.05) is 133 Å². The van der Waals surface area contributed by atoms with Crippen LogP contribution >= 0.6 is 7.82 Å². The number of phosphoric acid groups is 1. The Morgan fingerprint density at radius 1 is 0.623 bits per heavy atom. The summed E-state index contributed by atoms with van der Waals surface area (Å²) in [5.41, 5.74) is 0.